The lowest BCUT2D eigenvalue weighted by Gasteiger charge is -2.12. The zero-order chi connectivity index (χ0) is 18.5. The van der Waals surface area contributed by atoms with E-state index in [9.17, 15) is 0 Å². The van der Waals surface area contributed by atoms with E-state index in [1.54, 1.807) is 0 Å². The van der Waals surface area contributed by atoms with E-state index in [2.05, 4.69) is 50.3 Å². The van der Waals surface area contributed by atoms with E-state index >= 15 is 0 Å². The molecule has 27 heavy (non-hydrogen) atoms. The van der Waals surface area contributed by atoms with Gasteiger partial charge >= 0.3 is 0 Å². The summed E-state index contributed by atoms with van der Waals surface area (Å²) in [7, 11) is 0. The van der Waals surface area contributed by atoms with E-state index in [1.165, 1.54) is 0 Å². The summed E-state index contributed by atoms with van der Waals surface area (Å²) in [5.74, 6) is 3.58. The maximum atomic E-state index is 4.99. The summed E-state index contributed by atoms with van der Waals surface area (Å²) in [5, 5.41) is 0. The van der Waals surface area contributed by atoms with Crippen molar-refractivity contribution in [1.82, 2.24) is 24.1 Å². The minimum Gasteiger partial charge on any atom is -0.280 e. The normalized spacial score (nSPS) is 11.5. The standard InChI is InChI=1S/C22H19N5/c1-14-12-21(26-15(2)23-17-8-4-6-10-19(17)26)25-22(13-14)27-16(3)24-18-9-5-7-11-20(18)27/h4-13H,1-3H3. The minimum atomic E-state index is 0.869. The highest BCUT2D eigenvalue weighted by molar-refractivity contribution is 5.79. The van der Waals surface area contributed by atoms with Gasteiger partial charge in [-0.1, -0.05) is 24.3 Å². The summed E-state index contributed by atoms with van der Waals surface area (Å²) in [6.45, 7) is 6.13. The van der Waals surface area contributed by atoms with Crippen molar-refractivity contribution in [1.29, 1.82) is 0 Å². The molecule has 0 radical (unpaired) electrons. The Labute approximate surface area is 157 Å². The van der Waals surface area contributed by atoms with Gasteiger partial charge in [0, 0.05) is 0 Å². The highest BCUT2D eigenvalue weighted by Gasteiger charge is 2.14. The zero-order valence-electron chi connectivity index (χ0n) is 15.5. The molecular formula is C22H19N5. The second-order valence-electron chi connectivity index (χ2n) is 6.83. The maximum absolute atomic E-state index is 4.99. The summed E-state index contributed by atoms with van der Waals surface area (Å²) < 4.78 is 4.22. The van der Waals surface area contributed by atoms with Crippen LogP contribution in [0, 0.1) is 20.8 Å². The van der Waals surface area contributed by atoms with E-state index < -0.39 is 0 Å². The number of rotatable bonds is 2. The van der Waals surface area contributed by atoms with E-state index in [-0.39, 0.29) is 0 Å². The van der Waals surface area contributed by atoms with Crippen molar-refractivity contribution >= 4 is 22.1 Å². The fourth-order valence-corrected chi connectivity index (χ4v) is 3.73. The fourth-order valence-electron chi connectivity index (χ4n) is 3.73. The topological polar surface area (TPSA) is 48.5 Å². The molecule has 0 fully saturated rings. The molecule has 0 bridgehead atoms. The smallest absolute Gasteiger partial charge is 0.141 e. The number of hydrogen-bond acceptors (Lipinski definition) is 3. The predicted molar refractivity (Wildman–Crippen MR) is 108 cm³/mol. The van der Waals surface area contributed by atoms with E-state index in [4.69, 9.17) is 4.98 Å². The van der Waals surface area contributed by atoms with Crippen LogP contribution in [0.4, 0.5) is 0 Å². The molecule has 132 valence electrons. The van der Waals surface area contributed by atoms with Crippen LogP contribution in [0.15, 0.2) is 60.7 Å². The third kappa shape index (κ3) is 2.43. The van der Waals surface area contributed by atoms with Crippen LogP contribution in [0.3, 0.4) is 0 Å². The average molecular weight is 353 g/mol. The first-order valence-corrected chi connectivity index (χ1v) is 8.99. The number of aryl methyl sites for hydroxylation is 3. The molecule has 5 rings (SSSR count). The molecule has 0 spiro atoms. The second-order valence-corrected chi connectivity index (χ2v) is 6.83. The molecule has 3 heterocycles. The molecule has 0 amide bonds. The van der Waals surface area contributed by atoms with Gasteiger partial charge in [-0.15, -0.1) is 0 Å². The minimum absolute atomic E-state index is 0.869. The predicted octanol–water partition coefficient (Wildman–Crippen LogP) is 4.68. The zero-order valence-corrected chi connectivity index (χ0v) is 15.5. The molecule has 0 unspecified atom stereocenters. The average Bonchev–Trinajstić information content (AvgIpc) is 3.16. The molecule has 0 saturated heterocycles. The number of imidazole rings is 2. The molecule has 0 aliphatic heterocycles. The summed E-state index contributed by atoms with van der Waals surface area (Å²) in [5.41, 5.74) is 5.22. The summed E-state index contributed by atoms with van der Waals surface area (Å²) in [4.78, 5) is 14.4. The molecular weight excluding hydrogens is 334 g/mol. The summed E-state index contributed by atoms with van der Waals surface area (Å²) in [6, 6.07) is 20.5. The van der Waals surface area contributed by atoms with Gasteiger partial charge in [0.25, 0.3) is 0 Å². The van der Waals surface area contributed by atoms with Crippen LogP contribution in [-0.2, 0) is 0 Å². The molecule has 5 heteroatoms. The van der Waals surface area contributed by atoms with E-state index in [0.29, 0.717) is 0 Å². The Bertz CT molecular complexity index is 1210. The number of nitrogens with zero attached hydrogens (tertiary/aromatic N) is 5. The molecule has 0 N–H and O–H groups in total. The summed E-state index contributed by atoms with van der Waals surface area (Å²) >= 11 is 0. The number of hydrogen-bond donors (Lipinski definition) is 0. The van der Waals surface area contributed by atoms with Gasteiger partial charge in [0.15, 0.2) is 0 Å². The molecule has 0 saturated carbocycles. The first-order chi connectivity index (χ1) is 13.1. The Hall–Kier alpha value is -3.47. The van der Waals surface area contributed by atoms with E-state index in [0.717, 1.165) is 50.9 Å². The SMILES string of the molecule is Cc1cc(-n2c(C)nc3ccccc32)nc(-n2c(C)nc3ccccc32)c1. The monoisotopic (exact) mass is 353 g/mol. The number of aromatic nitrogens is 5. The van der Waals surface area contributed by atoms with Crippen LogP contribution in [0.25, 0.3) is 33.7 Å². The molecule has 3 aromatic heterocycles. The van der Waals surface area contributed by atoms with Gasteiger partial charge in [0.05, 0.1) is 22.1 Å². The molecule has 5 aromatic rings. The van der Waals surface area contributed by atoms with Crippen LogP contribution >= 0.6 is 0 Å². The Balaban J connectivity index is 1.79. The molecule has 0 aliphatic rings. The van der Waals surface area contributed by atoms with E-state index in [1.807, 2.05) is 50.2 Å². The van der Waals surface area contributed by atoms with Crippen LogP contribution in [0.1, 0.15) is 17.2 Å². The van der Waals surface area contributed by atoms with Crippen molar-refractivity contribution in [2.45, 2.75) is 20.8 Å². The number of fused-ring (bicyclic) bond motifs is 2. The second kappa shape index (κ2) is 5.77. The van der Waals surface area contributed by atoms with Gasteiger partial charge in [-0.05, 0) is 62.7 Å². The highest BCUT2D eigenvalue weighted by Crippen LogP contribution is 2.24. The van der Waals surface area contributed by atoms with Gasteiger partial charge in [-0.2, -0.15) is 0 Å². The van der Waals surface area contributed by atoms with Crippen LogP contribution < -0.4 is 0 Å². The van der Waals surface area contributed by atoms with Crippen molar-refractivity contribution in [2.75, 3.05) is 0 Å². The van der Waals surface area contributed by atoms with Crippen LogP contribution in [0.5, 0.6) is 0 Å². The van der Waals surface area contributed by atoms with Crippen LogP contribution in [0.2, 0.25) is 0 Å². The fraction of sp³-hybridized carbons (Fsp3) is 0.136. The molecule has 2 aromatic carbocycles. The first kappa shape index (κ1) is 15.8. The Kier molecular flexibility index (Phi) is 3.37. The quantitative estimate of drug-likeness (QED) is 0.463. The van der Waals surface area contributed by atoms with Crippen molar-refractivity contribution in [2.24, 2.45) is 0 Å². The van der Waals surface area contributed by atoms with Gasteiger partial charge in [0.2, 0.25) is 0 Å². The largest absolute Gasteiger partial charge is 0.280 e. The lowest BCUT2D eigenvalue weighted by atomic mass is 10.2. The van der Waals surface area contributed by atoms with Gasteiger partial charge in [-0.3, -0.25) is 9.13 Å². The molecule has 0 aliphatic carbocycles. The van der Waals surface area contributed by atoms with Crippen molar-refractivity contribution in [3.8, 4) is 11.6 Å². The number of benzene rings is 2. The number of para-hydroxylation sites is 4. The Morgan fingerprint density at radius 3 is 1.52 bits per heavy atom. The van der Waals surface area contributed by atoms with Gasteiger partial charge in [-0.25, -0.2) is 15.0 Å². The van der Waals surface area contributed by atoms with Crippen molar-refractivity contribution < 1.29 is 0 Å². The lowest BCUT2D eigenvalue weighted by molar-refractivity contribution is 0.904. The van der Waals surface area contributed by atoms with Crippen molar-refractivity contribution in [3.63, 3.8) is 0 Å². The number of pyridine rings is 1. The molecule has 0 atom stereocenters. The third-order valence-corrected chi connectivity index (χ3v) is 4.86. The van der Waals surface area contributed by atoms with Crippen molar-refractivity contribution in [3.05, 3.63) is 77.9 Å². The van der Waals surface area contributed by atoms with Gasteiger partial charge in [0.1, 0.15) is 23.3 Å². The van der Waals surface area contributed by atoms with Crippen LogP contribution in [-0.4, -0.2) is 24.1 Å². The highest BCUT2D eigenvalue weighted by atomic mass is 15.2. The summed E-state index contributed by atoms with van der Waals surface area (Å²) in [6.07, 6.45) is 0. The Morgan fingerprint density at radius 1 is 0.593 bits per heavy atom. The maximum Gasteiger partial charge on any atom is 0.141 e. The van der Waals surface area contributed by atoms with Gasteiger partial charge < -0.3 is 0 Å². The molecule has 5 nitrogen and oxygen atoms in total. The third-order valence-electron chi connectivity index (χ3n) is 4.86. The lowest BCUT2D eigenvalue weighted by Crippen LogP contribution is -2.06. The first-order valence-electron chi connectivity index (χ1n) is 8.99. The Morgan fingerprint density at radius 2 is 1.04 bits per heavy atom.